The van der Waals surface area contributed by atoms with E-state index in [4.69, 9.17) is 9.47 Å². The van der Waals surface area contributed by atoms with E-state index in [0.717, 1.165) is 30.2 Å². The van der Waals surface area contributed by atoms with E-state index in [2.05, 4.69) is 15.3 Å². The number of nitrogens with zero attached hydrogens (tertiary/aromatic N) is 2. The second kappa shape index (κ2) is 4.98. The summed E-state index contributed by atoms with van der Waals surface area (Å²) in [6, 6.07) is 0. The van der Waals surface area contributed by atoms with Gasteiger partial charge in [0.25, 0.3) is 0 Å². The van der Waals surface area contributed by atoms with Crippen LogP contribution in [0.4, 0.5) is 5.82 Å². The van der Waals surface area contributed by atoms with E-state index < -0.39 is 0 Å². The molecule has 2 heterocycles. The molecule has 5 heteroatoms. The minimum absolute atomic E-state index is 0.224. The van der Waals surface area contributed by atoms with Crippen molar-refractivity contribution in [3.8, 4) is 0 Å². The van der Waals surface area contributed by atoms with E-state index in [1.165, 1.54) is 0 Å². The average molecular weight is 237 g/mol. The molecule has 1 aliphatic heterocycles. The van der Waals surface area contributed by atoms with Crippen LogP contribution in [0.15, 0.2) is 6.20 Å². The molecule has 0 bridgehead atoms. The quantitative estimate of drug-likeness (QED) is 0.855. The fourth-order valence-corrected chi connectivity index (χ4v) is 1.91. The maximum atomic E-state index is 5.55. The standard InChI is InChI=1S/C12H19N3O2/c1-9-6-13-10(2)11(15-9)14-7-12(16-3)4-5-17-8-12/h6H,4-5,7-8H2,1-3H3,(H,14,15). The number of ether oxygens (including phenoxy) is 2. The van der Waals surface area contributed by atoms with Gasteiger partial charge in [0.15, 0.2) is 0 Å². The van der Waals surface area contributed by atoms with Gasteiger partial charge in [0, 0.05) is 32.9 Å². The Kier molecular flexibility index (Phi) is 3.59. The van der Waals surface area contributed by atoms with Crippen molar-refractivity contribution in [2.45, 2.75) is 25.9 Å². The van der Waals surface area contributed by atoms with Crippen molar-refractivity contribution in [2.75, 3.05) is 32.2 Å². The van der Waals surface area contributed by atoms with Gasteiger partial charge in [-0.25, -0.2) is 4.98 Å². The van der Waals surface area contributed by atoms with Crippen LogP contribution in [-0.4, -0.2) is 42.4 Å². The Balaban J connectivity index is 2.03. The third kappa shape index (κ3) is 2.73. The van der Waals surface area contributed by atoms with E-state index >= 15 is 0 Å². The van der Waals surface area contributed by atoms with Crippen LogP contribution in [-0.2, 0) is 9.47 Å². The van der Waals surface area contributed by atoms with E-state index in [1.807, 2.05) is 13.8 Å². The van der Waals surface area contributed by atoms with Crippen LogP contribution in [0.5, 0.6) is 0 Å². The summed E-state index contributed by atoms with van der Waals surface area (Å²) in [5, 5.41) is 3.31. The molecule has 1 N–H and O–H groups in total. The summed E-state index contributed by atoms with van der Waals surface area (Å²) in [5.41, 5.74) is 1.59. The first kappa shape index (κ1) is 12.3. The molecule has 5 nitrogen and oxygen atoms in total. The van der Waals surface area contributed by atoms with Gasteiger partial charge in [-0.1, -0.05) is 0 Å². The van der Waals surface area contributed by atoms with Crippen LogP contribution >= 0.6 is 0 Å². The van der Waals surface area contributed by atoms with Crippen molar-refractivity contribution in [3.63, 3.8) is 0 Å². The summed E-state index contributed by atoms with van der Waals surface area (Å²) < 4.78 is 10.9. The highest BCUT2D eigenvalue weighted by molar-refractivity contribution is 5.40. The number of nitrogens with one attached hydrogen (secondary N) is 1. The molecule has 1 aromatic rings. The number of aromatic nitrogens is 2. The summed E-state index contributed by atoms with van der Waals surface area (Å²) in [4.78, 5) is 8.70. The zero-order valence-corrected chi connectivity index (χ0v) is 10.6. The molecule has 1 aliphatic rings. The predicted octanol–water partition coefficient (Wildman–Crippen LogP) is 1.31. The summed E-state index contributed by atoms with van der Waals surface area (Å²) in [5.74, 6) is 0.827. The minimum atomic E-state index is -0.224. The van der Waals surface area contributed by atoms with Crippen LogP contribution in [0.25, 0.3) is 0 Å². The van der Waals surface area contributed by atoms with E-state index in [1.54, 1.807) is 13.3 Å². The maximum absolute atomic E-state index is 5.55. The first-order valence-corrected chi connectivity index (χ1v) is 5.82. The second-order valence-corrected chi connectivity index (χ2v) is 4.49. The lowest BCUT2D eigenvalue weighted by atomic mass is 10.0. The van der Waals surface area contributed by atoms with Gasteiger partial charge in [0.1, 0.15) is 11.4 Å². The highest BCUT2D eigenvalue weighted by Gasteiger charge is 2.34. The fraction of sp³-hybridized carbons (Fsp3) is 0.667. The molecule has 0 aromatic carbocycles. The van der Waals surface area contributed by atoms with Crippen molar-refractivity contribution in [2.24, 2.45) is 0 Å². The molecule has 1 unspecified atom stereocenters. The summed E-state index contributed by atoms with van der Waals surface area (Å²) >= 11 is 0. The Morgan fingerprint density at radius 1 is 1.53 bits per heavy atom. The van der Waals surface area contributed by atoms with E-state index in [9.17, 15) is 0 Å². The number of rotatable bonds is 4. The lowest BCUT2D eigenvalue weighted by Gasteiger charge is -2.26. The SMILES string of the molecule is COC1(CNc2nc(C)cnc2C)CCOC1. The van der Waals surface area contributed by atoms with Gasteiger partial charge in [0.05, 0.1) is 18.0 Å². The Labute approximate surface area is 102 Å². The van der Waals surface area contributed by atoms with E-state index in [-0.39, 0.29) is 5.60 Å². The molecule has 2 rings (SSSR count). The molecule has 94 valence electrons. The lowest BCUT2D eigenvalue weighted by Crippen LogP contribution is -2.39. The number of aryl methyl sites for hydroxylation is 2. The van der Waals surface area contributed by atoms with Gasteiger partial charge in [-0.15, -0.1) is 0 Å². The van der Waals surface area contributed by atoms with Crippen LogP contribution < -0.4 is 5.32 Å². The molecule has 1 saturated heterocycles. The fourth-order valence-electron chi connectivity index (χ4n) is 1.91. The maximum Gasteiger partial charge on any atom is 0.147 e. The van der Waals surface area contributed by atoms with E-state index in [0.29, 0.717) is 13.2 Å². The van der Waals surface area contributed by atoms with Gasteiger partial charge >= 0.3 is 0 Å². The Bertz CT molecular complexity index is 389. The first-order chi connectivity index (χ1) is 8.15. The molecule has 0 aliphatic carbocycles. The van der Waals surface area contributed by atoms with Crippen molar-refractivity contribution in [3.05, 3.63) is 17.6 Å². The summed E-state index contributed by atoms with van der Waals surface area (Å²) in [6.07, 6.45) is 2.68. The Morgan fingerprint density at radius 3 is 3.00 bits per heavy atom. The largest absolute Gasteiger partial charge is 0.378 e. The van der Waals surface area contributed by atoms with Crippen molar-refractivity contribution < 1.29 is 9.47 Å². The predicted molar refractivity (Wildman–Crippen MR) is 65.2 cm³/mol. The Morgan fingerprint density at radius 2 is 2.35 bits per heavy atom. The minimum Gasteiger partial charge on any atom is -0.378 e. The van der Waals surface area contributed by atoms with Crippen LogP contribution in [0.1, 0.15) is 17.8 Å². The molecular weight excluding hydrogens is 218 g/mol. The number of methoxy groups -OCH3 is 1. The molecule has 1 aromatic heterocycles. The molecule has 0 saturated carbocycles. The highest BCUT2D eigenvalue weighted by Crippen LogP contribution is 2.23. The summed E-state index contributed by atoms with van der Waals surface area (Å²) in [6.45, 7) is 5.97. The normalized spacial score (nSPS) is 23.9. The first-order valence-electron chi connectivity index (χ1n) is 5.82. The molecule has 17 heavy (non-hydrogen) atoms. The molecule has 0 amide bonds. The number of hydrogen-bond donors (Lipinski definition) is 1. The van der Waals surface area contributed by atoms with Crippen LogP contribution in [0.3, 0.4) is 0 Å². The molecule has 1 atom stereocenters. The van der Waals surface area contributed by atoms with Gasteiger partial charge in [-0.2, -0.15) is 0 Å². The molecular formula is C12H19N3O2. The smallest absolute Gasteiger partial charge is 0.147 e. The van der Waals surface area contributed by atoms with Crippen molar-refractivity contribution in [1.29, 1.82) is 0 Å². The second-order valence-electron chi connectivity index (χ2n) is 4.49. The van der Waals surface area contributed by atoms with Crippen LogP contribution in [0, 0.1) is 13.8 Å². The number of hydrogen-bond acceptors (Lipinski definition) is 5. The Hall–Kier alpha value is -1.20. The average Bonchev–Trinajstić information content (AvgIpc) is 2.80. The monoisotopic (exact) mass is 237 g/mol. The third-order valence-electron chi connectivity index (χ3n) is 3.15. The third-order valence-corrected chi connectivity index (χ3v) is 3.15. The highest BCUT2D eigenvalue weighted by atomic mass is 16.5. The molecule has 0 radical (unpaired) electrons. The van der Waals surface area contributed by atoms with Gasteiger partial charge < -0.3 is 14.8 Å². The lowest BCUT2D eigenvalue weighted by molar-refractivity contribution is -0.00626. The summed E-state index contributed by atoms with van der Waals surface area (Å²) in [7, 11) is 1.73. The molecule has 1 fully saturated rings. The van der Waals surface area contributed by atoms with Crippen molar-refractivity contribution >= 4 is 5.82 Å². The zero-order chi connectivity index (χ0) is 12.3. The van der Waals surface area contributed by atoms with Gasteiger partial charge in [-0.3, -0.25) is 4.98 Å². The van der Waals surface area contributed by atoms with Gasteiger partial charge in [0.2, 0.25) is 0 Å². The van der Waals surface area contributed by atoms with Crippen LogP contribution in [0.2, 0.25) is 0 Å². The van der Waals surface area contributed by atoms with Gasteiger partial charge in [-0.05, 0) is 13.8 Å². The number of anilines is 1. The molecule has 0 spiro atoms. The topological polar surface area (TPSA) is 56.3 Å². The zero-order valence-electron chi connectivity index (χ0n) is 10.6. The van der Waals surface area contributed by atoms with Crippen molar-refractivity contribution in [1.82, 2.24) is 9.97 Å².